The smallest absolute Gasteiger partial charge is 0.280 e. The fourth-order valence-electron chi connectivity index (χ4n) is 4.51. The first kappa shape index (κ1) is 21.9. The molecule has 2 aromatic carbocycles. The van der Waals surface area contributed by atoms with Gasteiger partial charge in [-0.2, -0.15) is 5.10 Å². The van der Waals surface area contributed by atoms with E-state index in [4.69, 9.17) is 4.74 Å². The minimum absolute atomic E-state index is 0.0357. The Bertz CT molecular complexity index is 1370. The fraction of sp³-hybridized carbons (Fsp3) is 0.240. The van der Waals surface area contributed by atoms with Crippen molar-refractivity contribution in [3.63, 3.8) is 0 Å². The van der Waals surface area contributed by atoms with Gasteiger partial charge < -0.3 is 9.64 Å². The number of rotatable bonds is 5. The number of para-hydroxylation sites is 1. The molecular formula is C25H21F3N4O2. The monoisotopic (exact) mass is 466 g/mol. The Morgan fingerprint density at radius 3 is 2.74 bits per heavy atom. The van der Waals surface area contributed by atoms with Crippen molar-refractivity contribution in [1.29, 1.82) is 0 Å². The lowest BCUT2D eigenvalue weighted by Gasteiger charge is -2.24. The van der Waals surface area contributed by atoms with Gasteiger partial charge in [-0.15, -0.1) is 0 Å². The minimum atomic E-state index is -2.84. The van der Waals surface area contributed by atoms with Crippen molar-refractivity contribution in [3.05, 3.63) is 83.4 Å². The summed E-state index contributed by atoms with van der Waals surface area (Å²) in [6.45, 7) is 0.464. The molecule has 1 fully saturated rings. The number of hydrogen-bond acceptors (Lipinski definition) is 4. The van der Waals surface area contributed by atoms with E-state index in [0.29, 0.717) is 29.8 Å². The first-order valence-electron chi connectivity index (χ1n) is 10.8. The number of nitrogens with zero attached hydrogens (tertiary/aromatic N) is 4. The molecule has 34 heavy (non-hydrogen) atoms. The Balaban J connectivity index is 1.61. The van der Waals surface area contributed by atoms with Crippen molar-refractivity contribution in [2.24, 2.45) is 0 Å². The van der Waals surface area contributed by atoms with Gasteiger partial charge in [-0.3, -0.25) is 4.79 Å². The first-order chi connectivity index (χ1) is 16.5. The van der Waals surface area contributed by atoms with Crippen molar-refractivity contribution in [3.8, 4) is 17.0 Å². The maximum atomic E-state index is 14.0. The van der Waals surface area contributed by atoms with Crippen LogP contribution in [-0.2, 0) is 0 Å². The largest absolute Gasteiger partial charge is 0.496 e. The average Bonchev–Trinajstić information content (AvgIpc) is 3.50. The van der Waals surface area contributed by atoms with Gasteiger partial charge in [-0.05, 0) is 48.7 Å². The molecule has 0 aliphatic carbocycles. The molecule has 2 aromatic heterocycles. The number of likely N-dealkylation sites (tertiary alicyclic amines) is 1. The quantitative estimate of drug-likeness (QED) is 0.392. The van der Waals surface area contributed by atoms with Gasteiger partial charge in [-0.25, -0.2) is 22.7 Å². The lowest BCUT2D eigenvalue weighted by molar-refractivity contribution is 0.0737. The van der Waals surface area contributed by atoms with Gasteiger partial charge in [0.15, 0.2) is 5.65 Å². The van der Waals surface area contributed by atoms with E-state index in [1.54, 1.807) is 41.3 Å². The summed E-state index contributed by atoms with van der Waals surface area (Å²) in [6, 6.07) is 14.0. The number of hydrogen-bond donors (Lipinski definition) is 0. The van der Waals surface area contributed by atoms with Crippen LogP contribution in [0, 0.1) is 5.82 Å². The average molecular weight is 466 g/mol. The summed E-state index contributed by atoms with van der Waals surface area (Å²) in [5.41, 5.74) is 1.23. The molecule has 1 amide bonds. The summed E-state index contributed by atoms with van der Waals surface area (Å²) in [6.07, 6.45) is -0.150. The van der Waals surface area contributed by atoms with Crippen molar-refractivity contribution >= 4 is 11.6 Å². The van der Waals surface area contributed by atoms with Crippen molar-refractivity contribution < 1.29 is 22.7 Å². The molecule has 5 rings (SSSR count). The van der Waals surface area contributed by atoms with Gasteiger partial charge in [0, 0.05) is 12.1 Å². The summed E-state index contributed by atoms with van der Waals surface area (Å²) < 4.78 is 48.1. The number of aromatic nitrogens is 3. The van der Waals surface area contributed by atoms with E-state index in [-0.39, 0.29) is 40.4 Å². The zero-order valence-corrected chi connectivity index (χ0v) is 18.3. The number of halogens is 3. The third kappa shape index (κ3) is 3.76. The van der Waals surface area contributed by atoms with E-state index in [1.807, 2.05) is 0 Å². The predicted molar refractivity (Wildman–Crippen MR) is 119 cm³/mol. The SMILES string of the molecule is COc1ccccc1-c1cc(C(F)F)n2ncc(C(=O)N3CCCC3c3cccc(F)c3)c2n1. The molecule has 1 saturated heterocycles. The van der Waals surface area contributed by atoms with E-state index in [2.05, 4.69) is 10.1 Å². The molecule has 4 aromatic rings. The van der Waals surface area contributed by atoms with Crippen LogP contribution in [0.3, 0.4) is 0 Å². The zero-order chi connectivity index (χ0) is 23.8. The predicted octanol–water partition coefficient (Wildman–Crippen LogP) is 5.46. The van der Waals surface area contributed by atoms with Crippen molar-refractivity contribution in [2.75, 3.05) is 13.7 Å². The highest BCUT2D eigenvalue weighted by Crippen LogP contribution is 2.35. The standard InChI is InChI=1S/C25H21F3N4O2/c1-34-22-10-3-2-8-17(22)19-13-21(23(27)28)32-24(30-19)18(14-29-32)25(33)31-11-5-9-20(31)15-6-4-7-16(26)12-15/h2-4,6-8,10,12-14,20,23H,5,9,11H2,1H3. The van der Waals surface area contributed by atoms with Crippen LogP contribution in [0.4, 0.5) is 13.2 Å². The molecule has 0 spiro atoms. The highest BCUT2D eigenvalue weighted by Gasteiger charge is 2.33. The Hall–Kier alpha value is -3.88. The van der Waals surface area contributed by atoms with E-state index < -0.39 is 6.43 Å². The number of fused-ring (bicyclic) bond motifs is 1. The Morgan fingerprint density at radius 1 is 1.15 bits per heavy atom. The summed E-state index contributed by atoms with van der Waals surface area (Å²) in [7, 11) is 1.49. The van der Waals surface area contributed by atoms with Crippen molar-refractivity contribution in [2.45, 2.75) is 25.3 Å². The number of benzene rings is 2. The molecule has 0 radical (unpaired) electrons. The second-order valence-electron chi connectivity index (χ2n) is 8.07. The van der Waals surface area contributed by atoms with Crippen molar-refractivity contribution in [1.82, 2.24) is 19.5 Å². The maximum absolute atomic E-state index is 14.0. The number of carbonyl (C=O) groups excluding carboxylic acids is 1. The molecule has 1 atom stereocenters. The summed E-state index contributed by atoms with van der Waals surface area (Å²) in [5, 5.41) is 4.06. The summed E-state index contributed by atoms with van der Waals surface area (Å²) in [4.78, 5) is 19.7. The van der Waals surface area contributed by atoms with Crippen LogP contribution in [0.15, 0.2) is 60.8 Å². The number of carbonyl (C=O) groups is 1. The molecule has 0 saturated carbocycles. The zero-order valence-electron chi connectivity index (χ0n) is 18.3. The lowest BCUT2D eigenvalue weighted by atomic mass is 10.0. The van der Waals surface area contributed by atoms with E-state index in [1.165, 1.54) is 31.5 Å². The van der Waals surface area contributed by atoms with E-state index >= 15 is 0 Å². The van der Waals surface area contributed by atoms with Gasteiger partial charge >= 0.3 is 0 Å². The van der Waals surface area contributed by atoms with Crippen LogP contribution >= 0.6 is 0 Å². The topological polar surface area (TPSA) is 59.7 Å². The van der Waals surface area contributed by atoms with Crippen LogP contribution in [0.5, 0.6) is 5.75 Å². The number of methoxy groups -OCH3 is 1. The molecule has 174 valence electrons. The highest BCUT2D eigenvalue weighted by molar-refractivity contribution is 6.00. The van der Waals surface area contributed by atoms with Crippen LogP contribution in [0.1, 0.15) is 46.9 Å². The van der Waals surface area contributed by atoms with Gasteiger partial charge in [0.25, 0.3) is 12.3 Å². The van der Waals surface area contributed by atoms with Crippen LogP contribution < -0.4 is 4.74 Å². The lowest BCUT2D eigenvalue weighted by Crippen LogP contribution is -2.30. The molecule has 9 heteroatoms. The molecular weight excluding hydrogens is 445 g/mol. The summed E-state index contributed by atoms with van der Waals surface area (Å²) in [5.74, 6) is -0.290. The number of amides is 1. The van der Waals surface area contributed by atoms with E-state index in [0.717, 1.165) is 10.9 Å². The van der Waals surface area contributed by atoms with Crippen LogP contribution in [0.2, 0.25) is 0 Å². The molecule has 0 N–H and O–H groups in total. The third-order valence-corrected chi connectivity index (χ3v) is 6.08. The number of alkyl halides is 2. The summed E-state index contributed by atoms with van der Waals surface area (Å²) >= 11 is 0. The van der Waals surface area contributed by atoms with Crippen LogP contribution in [0.25, 0.3) is 16.9 Å². The molecule has 3 heterocycles. The minimum Gasteiger partial charge on any atom is -0.496 e. The second kappa shape index (κ2) is 8.81. The Kier molecular flexibility index (Phi) is 5.69. The maximum Gasteiger partial charge on any atom is 0.280 e. The van der Waals surface area contributed by atoms with Gasteiger partial charge in [0.2, 0.25) is 0 Å². The molecule has 1 unspecified atom stereocenters. The third-order valence-electron chi connectivity index (χ3n) is 6.08. The van der Waals surface area contributed by atoms with Gasteiger partial charge in [-0.1, -0.05) is 24.3 Å². The first-order valence-corrected chi connectivity index (χ1v) is 10.8. The van der Waals surface area contributed by atoms with E-state index in [9.17, 15) is 18.0 Å². The van der Waals surface area contributed by atoms with Gasteiger partial charge in [0.05, 0.1) is 25.0 Å². The molecule has 0 bridgehead atoms. The molecule has 6 nitrogen and oxygen atoms in total. The van der Waals surface area contributed by atoms with Crippen LogP contribution in [-0.4, -0.2) is 39.1 Å². The molecule has 1 aliphatic rings. The van der Waals surface area contributed by atoms with Gasteiger partial charge in [0.1, 0.15) is 22.8 Å². The normalized spacial score (nSPS) is 15.9. The number of ether oxygens (including phenoxy) is 1. The Labute approximate surface area is 193 Å². The Morgan fingerprint density at radius 2 is 1.97 bits per heavy atom. The second-order valence-corrected chi connectivity index (χ2v) is 8.07. The molecule has 1 aliphatic heterocycles. The highest BCUT2D eigenvalue weighted by atomic mass is 19.3. The fourth-order valence-corrected chi connectivity index (χ4v) is 4.51.